The minimum Gasteiger partial charge on any atom is -0.383 e. The topological polar surface area (TPSA) is 61.0 Å². The van der Waals surface area contributed by atoms with Crippen LogP contribution in [0, 0.1) is 3.57 Å². The molecule has 94 valence electrons. The Hall–Kier alpha value is -0.0800. The van der Waals surface area contributed by atoms with E-state index in [0.29, 0.717) is 17.7 Å². The normalized spacial score (nSPS) is 20.5. The molecule has 17 heavy (non-hydrogen) atoms. The van der Waals surface area contributed by atoms with Crippen molar-refractivity contribution in [2.45, 2.75) is 31.1 Å². The van der Waals surface area contributed by atoms with Crippen LogP contribution < -0.4 is 5.73 Å². The molecule has 1 atom stereocenters. The van der Waals surface area contributed by atoms with E-state index >= 15 is 0 Å². The lowest BCUT2D eigenvalue weighted by Crippen LogP contribution is -2.12. The number of thioether (sulfide) groups is 1. The fourth-order valence-corrected chi connectivity index (χ4v) is 3.49. The van der Waals surface area contributed by atoms with Gasteiger partial charge in [0, 0.05) is 7.11 Å². The highest BCUT2D eigenvalue weighted by molar-refractivity contribution is 14.1. The molecule has 0 aromatic carbocycles. The molecule has 1 fully saturated rings. The van der Waals surface area contributed by atoms with Crippen molar-refractivity contribution in [3.8, 4) is 0 Å². The third-order valence-electron chi connectivity index (χ3n) is 2.71. The molecule has 1 aromatic rings. The van der Waals surface area contributed by atoms with Gasteiger partial charge in [0.05, 0.1) is 21.1 Å². The number of halogens is 1. The first kappa shape index (κ1) is 13.4. The van der Waals surface area contributed by atoms with Crippen LogP contribution >= 0.6 is 34.4 Å². The van der Waals surface area contributed by atoms with E-state index in [0.717, 1.165) is 21.5 Å². The van der Waals surface area contributed by atoms with Crippen LogP contribution in [-0.2, 0) is 11.3 Å². The van der Waals surface area contributed by atoms with Gasteiger partial charge in [0.1, 0.15) is 11.6 Å². The van der Waals surface area contributed by atoms with Gasteiger partial charge in [-0.25, -0.2) is 9.97 Å². The first-order valence-corrected chi connectivity index (χ1v) is 7.77. The molecule has 2 heterocycles. The van der Waals surface area contributed by atoms with E-state index in [9.17, 15) is 0 Å². The molecule has 0 radical (unpaired) electrons. The Labute approximate surface area is 119 Å². The van der Waals surface area contributed by atoms with Crippen LogP contribution in [0.1, 0.15) is 36.0 Å². The van der Waals surface area contributed by atoms with E-state index in [1.54, 1.807) is 7.11 Å². The van der Waals surface area contributed by atoms with Crippen LogP contribution in [-0.4, -0.2) is 22.8 Å². The molecule has 0 saturated carbocycles. The molecular weight excluding hydrogens is 349 g/mol. The number of nitrogens with two attached hydrogens (primary N) is 1. The number of aromatic nitrogens is 2. The summed E-state index contributed by atoms with van der Waals surface area (Å²) >= 11 is 4.11. The van der Waals surface area contributed by atoms with Crippen molar-refractivity contribution < 1.29 is 4.74 Å². The molecule has 1 aromatic heterocycles. The van der Waals surface area contributed by atoms with Gasteiger partial charge in [-0.2, -0.15) is 11.8 Å². The van der Waals surface area contributed by atoms with Gasteiger partial charge >= 0.3 is 0 Å². The van der Waals surface area contributed by atoms with Crippen LogP contribution in [0.2, 0.25) is 0 Å². The Balaban J connectivity index is 2.27. The minimum atomic E-state index is 0.402. The van der Waals surface area contributed by atoms with Gasteiger partial charge in [-0.1, -0.05) is 6.42 Å². The Bertz CT molecular complexity index is 397. The second-order valence-electron chi connectivity index (χ2n) is 4.02. The van der Waals surface area contributed by atoms with E-state index in [1.807, 2.05) is 11.8 Å². The lowest BCUT2D eigenvalue weighted by molar-refractivity contribution is 0.180. The van der Waals surface area contributed by atoms with Gasteiger partial charge in [-0.15, -0.1) is 0 Å². The van der Waals surface area contributed by atoms with E-state index < -0.39 is 0 Å². The fraction of sp³-hybridized carbons (Fsp3) is 0.636. The number of nitrogens with zero attached hydrogens (tertiary/aromatic N) is 2. The summed E-state index contributed by atoms with van der Waals surface area (Å²) in [7, 11) is 1.67. The van der Waals surface area contributed by atoms with Crippen LogP contribution in [0.5, 0.6) is 0 Å². The molecule has 2 rings (SSSR count). The van der Waals surface area contributed by atoms with Crippen LogP contribution in [0.4, 0.5) is 5.82 Å². The maximum Gasteiger partial charge on any atom is 0.144 e. The van der Waals surface area contributed by atoms with Gasteiger partial charge in [0.2, 0.25) is 0 Å². The highest BCUT2D eigenvalue weighted by atomic mass is 127. The van der Waals surface area contributed by atoms with Crippen molar-refractivity contribution in [3.05, 3.63) is 15.1 Å². The van der Waals surface area contributed by atoms with Crippen molar-refractivity contribution in [2.24, 2.45) is 0 Å². The quantitative estimate of drug-likeness (QED) is 0.835. The monoisotopic (exact) mass is 365 g/mol. The second kappa shape index (κ2) is 6.19. The minimum absolute atomic E-state index is 0.402. The summed E-state index contributed by atoms with van der Waals surface area (Å²) in [5, 5.41) is 0.402. The molecule has 0 spiro atoms. The second-order valence-corrected chi connectivity index (χ2v) is 6.41. The molecule has 0 aliphatic carbocycles. The van der Waals surface area contributed by atoms with Gasteiger partial charge in [0.25, 0.3) is 0 Å². The van der Waals surface area contributed by atoms with E-state index in [-0.39, 0.29) is 0 Å². The zero-order chi connectivity index (χ0) is 12.3. The molecule has 1 aliphatic heterocycles. The molecule has 1 aliphatic rings. The zero-order valence-electron chi connectivity index (χ0n) is 9.78. The average molecular weight is 365 g/mol. The Morgan fingerprint density at radius 2 is 2.29 bits per heavy atom. The summed E-state index contributed by atoms with van der Waals surface area (Å²) in [6.07, 6.45) is 3.70. The van der Waals surface area contributed by atoms with Crippen LogP contribution in [0.25, 0.3) is 0 Å². The Morgan fingerprint density at radius 3 is 2.94 bits per heavy atom. The summed E-state index contributed by atoms with van der Waals surface area (Å²) in [5.41, 5.74) is 6.84. The lowest BCUT2D eigenvalue weighted by atomic mass is 10.2. The molecule has 4 nitrogen and oxygen atoms in total. The first-order valence-electron chi connectivity index (χ1n) is 5.64. The number of anilines is 1. The van der Waals surface area contributed by atoms with Crippen molar-refractivity contribution >= 4 is 40.2 Å². The zero-order valence-corrected chi connectivity index (χ0v) is 12.8. The summed E-state index contributed by atoms with van der Waals surface area (Å²) in [6, 6.07) is 0. The number of rotatable bonds is 3. The number of methoxy groups -OCH3 is 1. The number of nitrogen functional groups attached to an aromatic ring is 1. The van der Waals surface area contributed by atoms with Crippen LogP contribution in [0.15, 0.2) is 0 Å². The molecule has 6 heteroatoms. The predicted molar refractivity (Wildman–Crippen MR) is 78.9 cm³/mol. The van der Waals surface area contributed by atoms with E-state index in [4.69, 9.17) is 10.5 Å². The molecule has 1 saturated heterocycles. The van der Waals surface area contributed by atoms with Gasteiger partial charge < -0.3 is 10.5 Å². The van der Waals surface area contributed by atoms with E-state index in [2.05, 4.69) is 32.6 Å². The summed E-state index contributed by atoms with van der Waals surface area (Å²) in [6.45, 7) is 0.495. The maximum atomic E-state index is 5.93. The number of hydrogen-bond acceptors (Lipinski definition) is 5. The predicted octanol–water partition coefficient (Wildman–Crippen LogP) is 2.77. The third-order valence-corrected chi connectivity index (χ3v) is 5.26. The Kier molecular flexibility index (Phi) is 4.87. The fourth-order valence-electron chi connectivity index (χ4n) is 1.85. The largest absolute Gasteiger partial charge is 0.383 e. The maximum absolute atomic E-state index is 5.93. The molecule has 0 amide bonds. The highest BCUT2D eigenvalue weighted by Gasteiger charge is 2.21. The highest BCUT2D eigenvalue weighted by Crippen LogP contribution is 2.37. The summed E-state index contributed by atoms with van der Waals surface area (Å²) in [4.78, 5) is 9.02. The van der Waals surface area contributed by atoms with Crippen molar-refractivity contribution in [3.63, 3.8) is 0 Å². The molecule has 1 unspecified atom stereocenters. The average Bonchev–Trinajstić information content (AvgIpc) is 2.36. The van der Waals surface area contributed by atoms with Crippen molar-refractivity contribution in [1.82, 2.24) is 9.97 Å². The van der Waals surface area contributed by atoms with Gasteiger partial charge in [-0.3, -0.25) is 0 Å². The first-order chi connectivity index (χ1) is 8.22. The standard InChI is InChI=1S/C11H16IN3OS/c1-16-6-7-9(12)10(13)15-11(14-7)8-4-2-3-5-17-8/h8H,2-6H2,1H3,(H2,13,14,15). The van der Waals surface area contributed by atoms with Gasteiger partial charge in [0.15, 0.2) is 0 Å². The molecule has 0 bridgehead atoms. The van der Waals surface area contributed by atoms with Crippen molar-refractivity contribution in [1.29, 1.82) is 0 Å². The summed E-state index contributed by atoms with van der Waals surface area (Å²) < 4.78 is 6.06. The third kappa shape index (κ3) is 3.23. The van der Waals surface area contributed by atoms with E-state index in [1.165, 1.54) is 18.6 Å². The smallest absolute Gasteiger partial charge is 0.144 e. The number of ether oxygens (including phenoxy) is 1. The van der Waals surface area contributed by atoms with Gasteiger partial charge in [-0.05, 0) is 41.2 Å². The molecular formula is C11H16IN3OS. The number of hydrogen-bond donors (Lipinski definition) is 1. The molecule has 2 N–H and O–H groups in total. The van der Waals surface area contributed by atoms with Crippen LogP contribution in [0.3, 0.4) is 0 Å². The Morgan fingerprint density at radius 1 is 1.47 bits per heavy atom. The summed E-state index contributed by atoms with van der Waals surface area (Å²) in [5.74, 6) is 2.65. The van der Waals surface area contributed by atoms with Crippen molar-refractivity contribution in [2.75, 3.05) is 18.6 Å². The lowest BCUT2D eigenvalue weighted by Gasteiger charge is -2.21. The SMILES string of the molecule is COCc1nc(C2CCCCS2)nc(N)c1I.